The zero-order valence-electron chi connectivity index (χ0n) is 7.12. The van der Waals surface area contributed by atoms with Gasteiger partial charge in [0.1, 0.15) is 0 Å². The summed E-state index contributed by atoms with van der Waals surface area (Å²) in [6, 6.07) is 0. The average Bonchev–Trinajstić information content (AvgIpc) is 1.84. The van der Waals surface area contributed by atoms with Crippen LogP contribution in [-0.2, 0) is 0 Å². The van der Waals surface area contributed by atoms with Gasteiger partial charge in [-0.15, -0.1) is 0 Å². The van der Waals surface area contributed by atoms with Crippen molar-refractivity contribution >= 4 is 0 Å². The normalized spacial score (nSPS) is 12.0. The van der Waals surface area contributed by atoms with Crippen LogP contribution in [0.15, 0.2) is 0 Å². The molecule has 0 spiro atoms. The van der Waals surface area contributed by atoms with E-state index in [-0.39, 0.29) is 0 Å². The van der Waals surface area contributed by atoms with E-state index in [4.69, 9.17) is 0 Å². The van der Waals surface area contributed by atoms with Crippen LogP contribution in [0.5, 0.6) is 0 Å². The molecule has 9 heavy (non-hydrogen) atoms. The molecule has 0 aliphatic carbocycles. The lowest BCUT2D eigenvalue weighted by Gasteiger charge is -2.20. The number of rotatable bonds is 4. The van der Waals surface area contributed by atoms with Gasteiger partial charge in [-0.05, 0) is 18.3 Å². The molecular weight excluding hydrogens is 108 g/mol. The molecule has 0 aliphatic rings. The van der Waals surface area contributed by atoms with Crippen molar-refractivity contribution in [2.75, 3.05) is 0 Å². The van der Waals surface area contributed by atoms with E-state index >= 15 is 0 Å². The van der Waals surface area contributed by atoms with Gasteiger partial charge >= 0.3 is 0 Å². The summed E-state index contributed by atoms with van der Waals surface area (Å²) >= 11 is 0. The first-order valence-electron chi connectivity index (χ1n) is 3.81. The van der Waals surface area contributed by atoms with Crippen molar-refractivity contribution in [2.24, 2.45) is 5.41 Å². The molecule has 0 saturated heterocycles. The SMILES string of the molecule is C[C]C(C)(C)CCCC. The van der Waals surface area contributed by atoms with Gasteiger partial charge < -0.3 is 0 Å². The van der Waals surface area contributed by atoms with Crippen LogP contribution in [0.4, 0.5) is 0 Å². The van der Waals surface area contributed by atoms with E-state index in [2.05, 4.69) is 27.2 Å². The quantitative estimate of drug-likeness (QED) is 0.542. The molecule has 54 valence electrons. The van der Waals surface area contributed by atoms with E-state index in [9.17, 15) is 0 Å². The summed E-state index contributed by atoms with van der Waals surface area (Å²) in [5.74, 6) is 0. The van der Waals surface area contributed by atoms with Crippen LogP contribution in [0.1, 0.15) is 47.0 Å². The van der Waals surface area contributed by atoms with E-state index in [1.807, 2.05) is 6.92 Å². The van der Waals surface area contributed by atoms with Crippen LogP contribution in [-0.4, -0.2) is 0 Å². The van der Waals surface area contributed by atoms with Crippen LogP contribution in [0.3, 0.4) is 0 Å². The van der Waals surface area contributed by atoms with E-state index < -0.39 is 0 Å². The third-order valence-corrected chi connectivity index (χ3v) is 1.83. The minimum absolute atomic E-state index is 0.343. The molecule has 0 unspecified atom stereocenters. The third kappa shape index (κ3) is 4.50. The van der Waals surface area contributed by atoms with E-state index in [1.54, 1.807) is 0 Å². The summed E-state index contributed by atoms with van der Waals surface area (Å²) in [4.78, 5) is 0. The molecule has 2 radical (unpaired) electrons. The summed E-state index contributed by atoms with van der Waals surface area (Å²) in [5, 5.41) is 0. The first kappa shape index (κ1) is 9.00. The molecule has 0 nitrogen and oxygen atoms in total. The van der Waals surface area contributed by atoms with E-state index in [1.165, 1.54) is 19.3 Å². The van der Waals surface area contributed by atoms with Crippen molar-refractivity contribution in [2.45, 2.75) is 47.0 Å². The van der Waals surface area contributed by atoms with Crippen molar-refractivity contribution in [3.63, 3.8) is 0 Å². The molecule has 0 heteroatoms. The second kappa shape index (κ2) is 3.92. The second-order valence-corrected chi connectivity index (χ2v) is 3.24. The van der Waals surface area contributed by atoms with Crippen LogP contribution >= 0.6 is 0 Å². The Balaban J connectivity index is 3.33. The minimum atomic E-state index is 0.343. The van der Waals surface area contributed by atoms with Crippen molar-refractivity contribution in [1.29, 1.82) is 0 Å². The first-order valence-corrected chi connectivity index (χ1v) is 3.81. The Hall–Kier alpha value is 0. The van der Waals surface area contributed by atoms with Crippen LogP contribution < -0.4 is 0 Å². The molecule has 0 fully saturated rings. The Morgan fingerprint density at radius 1 is 1.33 bits per heavy atom. The second-order valence-electron chi connectivity index (χ2n) is 3.24. The predicted octanol–water partition coefficient (Wildman–Crippen LogP) is 3.30. The lowest BCUT2D eigenvalue weighted by Crippen LogP contribution is -2.09. The monoisotopic (exact) mass is 126 g/mol. The van der Waals surface area contributed by atoms with Crippen molar-refractivity contribution in [3.05, 3.63) is 6.42 Å². The van der Waals surface area contributed by atoms with Gasteiger partial charge in [-0.25, -0.2) is 0 Å². The summed E-state index contributed by atoms with van der Waals surface area (Å²) in [6.45, 7) is 8.73. The highest BCUT2D eigenvalue weighted by Gasteiger charge is 2.13. The fourth-order valence-electron chi connectivity index (χ4n) is 0.744. The topological polar surface area (TPSA) is 0 Å². The lowest BCUT2D eigenvalue weighted by atomic mass is 9.85. The molecule has 0 bridgehead atoms. The van der Waals surface area contributed by atoms with Gasteiger partial charge in [-0.3, -0.25) is 0 Å². The Morgan fingerprint density at radius 3 is 2.22 bits per heavy atom. The largest absolute Gasteiger partial charge is 0.0654 e. The Labute approximate surface area is 59.7 Å². The van der Waals surface area contributed by atoms with Crippen molar-refractivity contribution < 1.29 is 0 Å². The molecule has 0 saturated carbocycles. The van der Waals surface area contributed by atoms with Crippen LogP contribution in [0.25, 0.3) is 0 Å². The average molecular weight is 126 g/mol. The van der Waals surface area contributed by atoms with Crippen molar-refractivity contribution in [3.8, 4) is 0 Å². The number of hydrogen-bond donors (Lipinski definition) is 0. The highest BCUT2D eigenvalue weighted by Crippen LogP contribution is 2.25. The Bertz CT molecular complexity index is 62.4. The van der Waals surface area contributed by atoms with Crippen LogP contribution in [0.2, 0.25) is 0 Å². The third-order valence-electron chi connectivity index (χ3n) is 1.83. The Kier molecular flexibility index (Phi) is 3.92. The van der Waals surface area contributed by atoms with Gasteiger partial charge in [-0.2, -0.15) is 0 Å². The highest BCUT2D eigenvalue weighted by molar-refractivity contribution is 4.79. The van der Waals surface area contributed by atoms with E-state index in [0.29, 0.717) is 5.41 Å². The lowest BCUT2D eigenvalue weighted by molar-refractivity contribution is 0.385. The summed E-state index contributed by atoms with van der Waals surface area (Å²) in [6.07, 6.45) is 7.18. The Morgan fingerprint density at radius 2 is 1.89 bits per heavy atom. The fraction of sp³-hybridized carbons (Fsp3) is 0.889. The molecular formula is C9H18. The zero-order valence-corrected chi connectivity index (χ0v) is 7.12. The predicted molar refractivity (Wildman–Crippen MR) is 42.2 cm³/mol. The molecule has 0 aromatic rings. The molecule has 0 amide bonds. The molecule has 0 N–H and O–H groups in total. The molecule has 0 heterocycles. The summed E-state index contributed by atoms with van der Waals surface area (Å²) < 4.78 is 0. The zero-order chi connectivity index (χ0) is 7.33. The number of unbranched alkanes of at least 4 members (excludes halogenated alkanes) is 1. The maximum atomic E-state index is 3.28. The standard InChI is InChI=1S/C9H18/c1-5-7-8-9(3,4)6-2/h5,7-8H2,1-4H3. The molecule has 0 aromatic carbocycles. The van der Waals surface area contributed by atoms with E-state index in [0.717, 1.165) is 0 Å². The molecule has 0 atom stereocenters. The van der Waals surface area contributed by atoms with Crippen molar-refractivity contribution in [1.82, 2.24) is 0 Å². The fourth-order valence-corrected chi connectivity index (χ4v) is 0.744. The van der Waals surface area contributed by atoms with Gasteiger partial charge in [0.15, 0.2) is 0 Å². The molecule has 0 aliphatic heterocycles. The maximum Gasteiger partial charge on any atom is -0.0145 e. The summed E-state index contributed by atoms with van der Waals surface area (Å²) in [5.41, 5.74) is 0.343. The van der Waals surface area contributed by atoms with Gasteiger partial charge in [0.25, 0.3) is 0 Å². The van der Waals surface area contributed by atoms with Gasteiger partial charge in [-0.1, -0.05) is 40.5 Å². The van der Waals surface area contributed by atoms with Gasteiger partial charge in [0.2, 0.25) is 0 Å². The molecule has 0 rings (SSSR count). The van der Waals surface area contributed by atoms with Crippen LogP contribution in [0, 0.1) is 11.8 Å². The molecule has 0 aromatic heterocycles. The highest BCUT2D eigenvalue weighted by atomic mass is 14.2. The number of hydrogen-bond acceptors (Lipinski definition) is 0. The summed E-state index contributed by atoms with van der Waals surface area (Å²) in [7, 11) is 0. The first-order chi connectivity index (χ1) is 4.12. The van der Waals surface area contributed by atoms with Gasteiger partial charge in [0, 0.05) is 0 Å². The van der Waals surface area contributed by atoms with Gasteiger partial charge in [0.05, 0.1) is 0 Å². The smallest absolute Gasteiger partial charge is 0.0145 e. The maximum absolute atomic E-state index is 3.28. The minimum Gasteiger partial charge on any atom is -0.0654 e.